The number of hydrogen-bond donors (Lipinski definition) is 1. The number of carbonyl (C=O) groups excluding carboxylic acids is 1. The molecule has 1 amide bonds. The van der Waals surface area contributed by atoms with Crippen molar-refractivity contribution in [3.8, 4) is 0 Å². The smallest absolute Gasteiger partial charge is 0.264 e. The summed E-state index contributed by atoms with van der Waals surface area (Å²) in [5.41, 5.74) is 0.410. The van der Waals surface area contributed by atoms with Crippen LogP contribution in [0.5, 0.6) is 0 Å². The third kappa shape index (κ3) is 5.96. The van der Waals surface area contributed by atoms with Crippen LogP contribution in [0.25, 0.3) is 0 Å². The molecule has 1 N–H and O–H groups in total. The number of nitrogens with zero attached hydrogens (tertiary/aromatic N) is 2. The number of anilines is 1. The second kappa shape index (κ2) is 10.4. The Morgan fingerprint density at radius 3 is 2.48 bits per heavy atom. The second-order valence-electron chi connectivity index (χ2n) is 7.60. The number of likely N-dealkylation sites (tertiary alicyclic amines) is 1. The number of nitrogens with one attached hydrogen (secondary N) is 1. The van der Waals surface area contributed by atoms with Gasteiger partial charge < -0.3 is 10.2 Å². The van der Waals surface area contributed by atoms with Crippen LogP contribution < -0.4 is 9.62 Å². The quantitative estimate of drug-likeness (QED) is 0.597. The molecule has 6 nitrogen and oxygen atoms in total. The molecule has 31 heavy (non-hydrogen) atoms. The molecule has 0 atom stereocenters. The maximum atomic E-state index is 13.2. The molecule has 1 fully saturated rings. The molecule has 0 spiro atoms. The molecule has 2 aromatic carbocycles. The topological polar surface area (TPSA) is 69.7 Å². The summed E-state index contributed by atoms with van der Waals surface area (Å²) in [5, 5.41) is 3.00. The first kappa shape index (κ1) is 23.5. The highest BCUT2D eigenvalue weighted by Gasteiger charge is 2.24. The minimum absolute atomic E-state index is 0.0674. The van der Waals surface area contributed by atoms with E-state index in [4.69, 9.17) is 11.6 Å². The van der Waals surface area contributed by atoms with Crippen molar-refractivity contribution >= 4 is 33.2 Å². The van der Waals surface area contributed by atoms with Crippen LogP contribution in [0.3, 0.4) is 0 Å². The molecule has 9 heteroatoms. The predicted molar refractivity (Wildman–Crippen MR) is 121 cm³/mol. The highest BCUT2D eigenvalue weighted by molar-refractivity contribution is 7.92. The molecule has 2 aromatic rings. The van der Waals surface area contributed by atoms with Gasteiger partial charge >= 0.3 is 0 Å². The van der Waals surface area contributed by atoms with Crippen molar-refractivity contribution in [3.63, 3.8) is 0 Å². The average Bonchev–Trinajstić information content (AvgIpc) is 2.77. The average molecular weight is 468 g/mol. The van der Waals surface area contributed by atoms with Crippen LogP contribution in [0, 0.1) is 5.82 Å². The summed E-state index contributed by atoms with van der Waals surface area (Å²) in [6, 6.07) is 9.15. The molecule has 3 rings (SSSR count). The monoisotopic (exact) mass is 467 g/mol. The maximum absolute atomic E-state index is 13.2. The SMILES string of the molecule is CN(c1ccc(F)cc1)S(=O)(=O)c1ccc(Cl)c(C(=O)NCCCN2CCCCC2)c1. The van der Waals surface area contributed by atoms with Gasteiger partial charge in [-0.2, -0.15) is 0 Å². The van der Waals surface area contributed by atoms with Gasteiger partial charge in [0.1, 0.15) is 5.82 Å². The molecular formula is C22H27ClFN3O3S. The van der Waals surface area contributed by atoms with Gasteiger partial charge in [0, 0.05) is 13.6 Å². The largest absolute Gasteiger partial charge is 0.352 e. The summed E-state index contributed by atoms with van der Waals surface area (Å²) in [4.78, 5) is 14.9. The summed E-state index contributed by atoms with van der Waals surface area (Å²) in [6.07, 6.45) is 4.53. The minimum atomic E-state index is -3.95. The summed E-state index contributed by atoms with van der Waals surface area (Å²) < 4.78 is 40.2. The Morgan fingerprint density at radius 1 is 1.13 bits per heavy atom. The lowest BCUT2D eigenvalue weighted by Crippen LogP contribution is -2.33. The summed E-state index contributed by atoms with van der Waals surface area (Å²) in [5.74, 6) is -0.870. The van der Waals surface area contributed by atoms with Crippen molar-refractivity contribution in [1.29, 1.82) is 0 Å². The van der Waals surface area contributed by atoms with Crippen LogP contribution in [-0.2, 0) is 10.0 Å². The van der Waals surface area contributed by atoms with E-state index in [1.807, 2.05) is 0 Å². The molecule has 0 bridgehead atoms. The van der Waals surface area contributed by atoms with Crippen LogP contribution in [0.1, 0.15) is 36.0 Å². The summed E-state index contributed by atoms with van der Waals surface area (Å²) in [7, 11) is -2.58. The van der Waals surface area contributed by atoms with Crippen LogP contribution in [-0.4, -0.2) is 52.5 Å². The van der Waals surface area contributed by atoms with Crippen LogP contribution in [0.15, 0.2) is 47.4 Å². The standard InChI is InChI=1S/C22H27ClFN3O3S/c1-26(18-8-6-17(24)7-9-18)31(29,30)19-10-11-21(23)20(16-19)22(28)25-12-5-15-27-13-3-2-4-14-27/h6-11,16H,2-5,12-15H2,1H3,(H,25,28). The number of halogens is 2. The number of amides is 1. The number of rotatable bonds is 8. The number of benzene rings is 2. The normalized spacial score (nSPS) is 14.9. The van der Waals surface area contributed by atoms with E-state index in [-0.39, 0.29) is 15.5 Å². The highest BCUT2D eigenvalue weighted by atomic mass is 35.5. The Hall–Kier alpha value is -2.16. The fraction of sp³-hybridized carbons (Fsp3) is 0.409. The Morgan fingerprint density at radius 2 is 1.81 bits per heavy atom. The lowest BCUT2D eigenvalue weighted by atomic mass is 10.1. The Labute approximate surface area is 188 Å². The first-order valence-electron chi connectivity index (χ1n) is 10.3. The Kier molecular flexibility index (Phi) is 7.91. The zero-order valence-corrected chi connectivity index (χ0v) is 19.1. The number of piperidine rings is 1. The lowest BCUT2D eigenvalue weighted by Gasteiger charge is -2.26. The minimum Gasteiger partial charge on any atom is -0.352 e. The van der Waals surface area contributed by atoms with Gasteiger partial charge in [0.05, 0.1) is 21.2 Å². The van der Waals surface area contributed by atoms with Gasteiger partial charge in [-0.3, -0.25) is 9.10 Å². The Bertz CT molecular complexity index is 1010. The van der Waals surface area contributed by atoms with Crippen molar-refractivity contribution in [3.05, 3.63) is 58.9 Å². The molecule has 0 saturated carbocycles. The van der Waals surface area contributed by atoms with E-state index in [1.54, 1.807) is 0 Å². The molecule has 1 saturated heterocycles. The number of hydrogen-bond acceptors (Lipinski definition) is 4. The number of carbonyl (C=O) groups is 1. The van der Waals surface area contributed by atoms with E-state index >= 15 is 0 Å². The third-order valence-corrected chi connectivity index (χ3v) is 7.53. The molecule has 1 aliphatic heterocycles. The fourth-order valence-corrected chi connectivity index (χ4v) is 5.00. The molecule has 0 aromatic heterocycles. The fourth-order valence-electron chi connectivity index (χ4n) is 3.57. The van der Waals surface area contributed by atoms with E-state index in [0.717, 1.165) is 30.4 Å². The molecule has 1 aliphatic rings. The van der Waals surface area contributed by atoms with Gasteiger partial charge in [0.15, 0.2) is 0 Å². The second-order valence-corrected chi connectivity index (χ2v) is 9.98. The lowest BCUT2D eigenvalue weighted by molar-refractivity contribution is 0.0951. The van der Waals surface area contributed by atoms with E-state index in [1.165, 1.54) is 68.8 Å². The zero-order valence-electron chi connectivity index (χ0n) is 17.5. The van der Waals surface area contributed by atoms with E-state index in [2.05, 4.69) is 10.2 Å². The Balaban J connectivity index is 1.67. The molecule has 0 radical (unpaired) electrons. The van der Waals surface area contributed by atoms with Gasteiger partial charge in [-0.25, -0.2) is 12.8 Å². The molecule has 0 aliphatic carbocycles. The molecule has 168 valence electrons. The molecule has 0 unspecified atom stereocenters. The van der Waals surface area contributed by atoms with Crippen molar-refractivity contribution in [2.24, 2.45) is 0 Å². The summed E-state index contributed by atoms with van der Waals surface area (Å²) in [6.45, 7) is 3.60. The van der Waals surface area contributed by atoms with Crippen LogP contribution in [0.2, 0.25) is 5.02 Å². The third-order valence-electron chi connectivity index (χ3n) is 5.42. The molecule has 1 heterocycles. The number of sulfonamides is 1. The van der Waals surface area contributed by atoms with Gasteiger partial charge in [-0.15, -0.1) is 0 Å². The van der Waals surface area contributed by atoms with E-state index in [0.29, 0.717) is 12.2 Å². The van der Waals surface area contributed by atoms with Crippen molar-refractivity contribution in [1.82, 2.24) is 10.2 Å². The predicted octanol–water partition coefficient (Wildman–Crippen LogP) is 3.91. The first-order valence-corrected chi connectivity index (χ1v) is 12.2. The van der Waals surface area contributed by atoms with Crippen molar-refractivity contribution < 1.29 is 17.6 Å². The van der Waals surface area contributed by atoms with Crippen molar-refractivity contribution in [2.45, 2.75) is 30.6 Å². The van der Waals surface area contributed by atoms with Gasteiger partial charge in [0.25, 0.3) is 15.9 Å². The first-order chi connectivity index (χ1) is 14.8. The molecular weight excluding hydrogens is 441 g/mol. The zero-order chi connectivity index (χ0) is 22.4. The van der Waals surface area contributed by atoms with Gasteiger partial charge in [-0.1, -0.05) is 18.0 Å². The van der Waals surface area contributed by atoms with Crippen LogP contribution in [0.4, 0.5) is 10.1 Å². The van der Waals surface area contributed by atoms with Gasteiger partial charge in [0.2, 0.25) is 0 Å². The highest BCUT2D eigenvalue weighted by Crippen LogP contribution is 2.26. The van der Waals surface area contributed by atoms with E-state index in [9.17, 15) is 17.6 Å². The summed E-state index contributed by atoms with van der Waals surface area (Å²) >= 11 is 6.17. The maximum Gasteiger partial charge on any atom is 0.264 e. The van der Waals surface area contributed by atoms with Crippen molar-refractivity contribution in [2.75, 3.05) is 37.5 Å². The van der Waals surface area contributed by atoms with E-state index < -0.39 is 21.7 Å². The van der Waals surface area contributed by atoms with Crippen LogP contribution >= 0.6 is 11.6 Å². The van der Waals surface area contributed by atoms with Gasteiger partial charge in [-0.05, 0) is 81.4 Å².